The van der Waals surface area contributed by atoms with Crippen molar-refractivity contribution >= 4 is 17.6 Å². The SMILES string of the molecule is CC(C)(C)c1cc(NC(=O)C(=O)N2CCN(CC(F)F)CC2)no1. The summed E-state index contributed by atoms with van der Waals surface area (Å²) in [5, 5.41) is 6.13. The Hall–Kier alpha value is -2.03. The molecular weight excluding hydrogens is 322 g/mol. The Morgan fingerprint density at radius 1 is 1.29 bits per heavy atom. The molecule has 0 bridgehead atoms. The van der Waals surface area contributed by atoms with Crippen LogP contribution < -0.4 is 5.32 Å². The van der Waals surface area contributed by atoms with Crippen LogP contribution in [0.3, 0.4) is 0 Å². The van der Waals surface area contributed by atoms with Gasteiger partial charge in [-0.15, -0.1) is 0 Å². The highest BCUT2D eigenvalue weighted by atomic mass is 19.3. The Labute approximate surface area is 138 Å². The maximum atomic E-state index is 12.3. The van der Waals surface area contributed by atoms with Gasteiger partial charge in [0, 0.05) is 37.7 Å². The number of rotatable bonds is 3. The van der Waals surface area contributed by atoms with Crippen LogP contribution in [0, 0.1) is 0 Å². The highest BCUT2D eigenvalue weighted by molar-refractivity contribution is 6.39. The number of halogens is 2. The van der Waals surface area contributed by atoms with Crippen LogP contribution in [0.1, 0.15) is 26.5 Å². The molecule has 1 saturated heterocycles. The van der Waals surface area contributed by atoms with Crippen LogP contribution in [-0.4, -0.2) is 65.9 Å². The van der Waals surface area contributed by atoms with Crippen molar-refractivity contribution in [2.75, 3.05) is 38.0 Å². The van der Waals surface area contributed by atoms with Gasteiger partial charge in [0.15, 0.2) is 5.82 Å². The van der Waals surface area contributed by atoms with Gasteiger partial charge in [0.05, 0.1) is 6.54 Å². The topological polar surface area (TPSA) is 78.7 Å². The zero-order valence-electron chi connectivity index (χ0n) is 14.0. The molecule has 1 aliphatic heterocycles. The van der Waals surface area contributed by atoms with Gasteiger partial charge in [-0.3, -0.25) is 19.8 Å². The molecule has 0 radical (unpaired) electrons. The van der Waals surface area contributed by atoms with Crippen molar-refractivity contribution < 1.29 is 22.9 Å². The summed E-state index contributed by atoms with van der Waals surface area (Å²) in [4.78, 5) is 27.1. The number of amides is 2. The third-order valence-corrected chi connectivity index (χ3v) is 3.74. The monoisotopic (exact) mass is 344 g/mol. The number of piperazine rings is 1. The molecule has 2 heterocycles. The van der Waals surface area contributed by atoms with Crippen LogP contribution >= 0.6 is 0 Å². The summed E-state index contributed by atoms with van der Waals surface area (Å²) in [5.41, 5.74) is -0.263. The minimum atomic E-state index is -2.40. The molecule has 1 aromatic heterocycles. The third-order valence-electron chi connectivity index (χ3n) is 3.74. The first-order valence-electron chi connectivity index (χ1n) is 7.75. The van der Waals surface area contributed by atoms with E-state index in [0.717, 1.165) is 0 Å². The summed E-state index contributed by atoms with van der Waals surface area (Å²) >= 11 is 0. The molecule has 0 atom stereocenters. The Morgan fingerprint density at radius 2 is 1.92 bits per heavy atom. The molecule has 0 aromatic carbocycles. The van der Waals surface area contributed by atoms with Crippen molar-refractivity contribution in [1.29, 1.82) is 0 Å². The maximum Gasteiger partial charge on any atom is 0.315 e. The average molecular weight is 344 g/mol. The van der Waals surface area contributed by atoms with Crippen molar-refractivity contribution in [1.82, 2.24) is 15.0 Å². The molecule has 0 spiro atoms. The van der Waals surface area contributed by atoms with E-state index in [2.05, 4.69) is 10.5 Å². The normalized spacial score (nSPS) is 16.5. The van der Waals surface area contributed by atoms with Crippen molar-refractivity contribution in [2.24, 2.45) is 0 Å². The molecule has 2 rings (SSSR count). The average Bonchev–Trinajstić information content (AvgIpc) is 2.95. The van der Waals surface area contributed by atoms with E-state index in [4.69, 9.17) is 4.52 Å². The molecule has 0 saturated carbocycles. The smallest absolute Gasteiger partial charge is 0.315 e. The molecule has 0 unspecified atom stereocenters. The number of aromatic nitrogens is 1. The number of carbonyl (C=O) groups excluding carboxylic acids is 2. The molecule has 1 N–H and O–H groups in total. The van der Waals surface area contributed by atoms with Gasteiger partial charge < -0.3 is 9.42 Å². The fraction of sp³-hybridized carbons (Fsp3) is 0.667. The number of carbonyl (C=O) groups is 2. The fourth-order valence-electron chi connectivity index (χ4n) is 2.33. The molecule has 9 heteroatoms. The molecule has 2 amide bonds. The van der Waals surface area contributed by atoms with Gasteiger partial charge in [0.25, 0.3) is 6.43 Å². The van der Waals surface area contributed by atoms with Crippen LogP contribution in [0.25, 0.3) is 0 Å². The number of nitrogens with one attached hydrogen (secondary N) is 1. The minimum Gasteiger partial charge on any atom is -0.359 e. The van der Waals surface area contributed by atoms with E-state index in [1.165, 1.54) is 4.90 Å². The summed E-state index contributed by atoms with van der Waals surface area (Å²) in [6, 6.07) is 1.58. The largest absolute Gasteiger partial charge is 0.359 e. The van der Waals surface area contributed by atoms with Crippen LogP contribution in [0.2, 0.25) is 0 Å². The van der Waals surface area contributed by atoms with Crippen LogP contribution in [-0.2, 0) is 15.0 Å². The van der Waals surface area contributed by atoms with Gasteiger partial charge in [-0.05, 0) is 0 Å². The molecule has 1 aromatic rings. The molecular formula is C15H22F2N4O3. The Balaban J connectivity index is 1.87. The van der Waals surface area contributed by atoms with Crippen molar-refractivity contribution in [3.63, 3.8) is 0 Å². The minimum absolute atomic E-state index is 0.176. The summed E-state index contributed by atoms with van der Waals surface area (Å²) in [7, 11) is 0. The van der Waals surface area contributed by atoms with Gasteiger partial charge in [-0.25, -0.2) is 8.78 Å². The predicted molar refractivity (Wildman–Crippen MR) is 82.9 cm³/mol. The number of hydrogen-bond acceptors (Lipinski definition) is 5. The van der Waals surface area contributed by atoms with Gasteiger partial charge in [0.2, 0.25) is 0 Å². The summed E-state index contributed by atoms with van der Waals surface area (Å²) in [5.74, 6) is -0.751. The second-order valence-electron chi connectivity index (χ2n) is 6.76. The fourth-order valence-corrected chi connectivity index (χ4v) is 2.33. The van der Waals surface area contributed by atoms with E-state index >= 15 is 0 Å². The summed E-state index contributed by atoms with van der Waals surface area (Å²) in [6.45, 7) is 6.61. The van der Waals surface area contributed by atoms with Crippen molar-refractivity contribution in [2.45, 2.75) is 32.6 Å². The first kappa shape index (κ1) is 18.3. The lowest BCUT2D eigenvalue weighted by molar-refractivity contribution is -0.144. The van der Waals surface area contributed by atoms with E-state index < -0.39 is 18.2 Å². The molecule has 1 fully saturated rings. The zero-order chi connectivity index (χ0) is 17.9. The number of nitrogens with zero attached hydrogens (tertiary/aromatic N) is 3. The Morgan fingerprint density at radius 3 is 2.42 bits per heavy atom. The van der Waals surface area contributed by atoms with E-state index in [-0.39, 0.29) is 30.9 Å². The number of hydrogen-bond donors (Lipinski definition) is 1. The zero-order valence-corrected chi connectivity index (χ0v) is 14.0. The molecule has 134 valence electrons. The standard InChI is InChI=1S/C15H22F2N4O3/c1-15(2,3)10-8-12(19-24-10)18-13(22)14(23)21-6-4-20(5-7-21)9-11(16)17/h8,11H,4-7,9H2,1-3H3,(H,18,19,22). The van der Waals surface area contributed by atoms with Crippen LogP contribution in [0.15, 0.2) is 10.6 Å². The van der Waals surface area contributed by atoms with Crippen LogP contribution in [0.4, 0.5) is 14.6 Å². The van der Waals surface area contributed by atoms with Gasteiger partial charge in [-0.1, -0.05) is 25.9 Å². The predicted octanol–water partition coefficient (Wildman–Crippen LogP) is 1.32. The second-order valence-corrected chi connectivity index (χ2v) is 6.76. The quantitative estimate of drug-likeness (QED) is 0.837. The maximum absolute atomic E-state index is 12.3. The van der Waals surface area contributed by atoms with Crippen molar-refractivity contribution in [3.05, 3.63) is 11.8 Å². The first-order chi connectivity index (χ1) is 11.2. The lowest BCUT2D eigenvalue weighted by Gasteiger charge is -2.33. The van der Waals surface area contributed by atoms with Gasteiger partial charge in [0.1, 0.15) is 5.76 Å². The van der Waals surface area contributed by atoms with Crippen molar-refractivity contribution in [3.8, 4) is 0 Å². The summed E-state index contributed by atoms with van der Waals surface area (Å²) in [6.07, 6.45) is -2.40. The second kappa shape index (κ2) is 7.25. The number of alkyl halides is 2. The lowest BCUT2D eigenvalue weighted by Crippen LogP contribution is -2.52. The highest BCUT2D eigenvalue weighted by Crippen LogP contribution is 2.24. The first-order valence-corrected chi connectivity index (χ1v) is 7.75. The summed E-state index contributed by atoms with van der Waals surface area (Å²) < 4.78 is 29.8. The molecule has 0 aliphatic carbocycles. The molecule has 7 nitrogen and oxygen atoms in total. The highest BCUT2D eigenvalue weighted by Gasteiger charge is 2.28. The molecule has 1 aliphatic rings. The van der Waals surface area contributed by atoms with E-state index in [1.54, 1.807) is 11.0 Å². The number of anilines is 1. The third kappa shape index (κ3) is 4.73. The lowest BCUT2D eigenvalue weighted by atomic mass is 9.93. The molecule has 24 heavy (non-hydrogen) atoms. The van der Waals surface area contributed by atoms with E-state index in [1.807, 2.05) is 20.8 Å². The van der Waals surface area contributed by atoms with Gasteiger partial charge >= 0.3 is 11.8 Å². The van der Waals surface area contributed by atoms with E-state index in [0.29, 0.717) is 18.8 Å². The van der Waals surface area contributed by atoms with Gasteiger partial charge in [-0.2, -0.15) is 0 Å². The van der Waals surface area contributed by atoms with Crippen LogP contribution in [0.5, 0.6) is 0 Å². The Kier molecular flexibility index (Phi) is 5.53. The Bertz CT molecular complexity index is 590. The van der Waals surface area contributed by atoms with E-state index in [9.17, 15) is 18.4 Å².